The molecule has 0 fully saturated rings. The van der Waals surface area contributed by atoms with Crippen LogP contribution in [-0.4, -0.2) is 17.0 Å². The van der Waals surface area contributed by atoms with E-state index in [4.69, 9.17) is 9.84 Å². The number of rotatable bonds is 17. The molecular formula is C20H36O4. The average molecular weight is 341 g/mol. The quantitative estimate of drug-likeness (QED) is 0.200. The lowest BCUT2D eigenvalue weighted by Gasteiger charge is -2.02. The fourth-order valence-corrected chi connectivity index (χ4v) is 2.56. The Hall–Kier alpha value is -1.32. The second-order valence-electron chi connectivity index (χ2n) is 6.43. The number of unbranched alkanes of at least 4 members (excludes halogenated alkanes) is 12. The summed E-state index contributed by atoms with van der Waals surface area (Å²) >= 11 is 0. The maximum atomic E-state index is 11.1. The van der Waals surface area contributed by atoms with Crippen molar-refractivity contribution in [2.24, 2.45) is 0 Å². The Morgan fingerprint density at radius 1 is 0.792 bits per heavy atom. The van der Waals surface area contributed by atoms with Gasteiger partial charge in [-0.2, -0.15) is 0 Å². The van der Waals surface area contributed by atoms with Gasteiger partial charge in [-0.25, -0.2) is 0 Å². The van der Waals surface area contributed by atoms with E-state index in [2.05, 4.69) is 6.92 Å². The van der Waals surface area contributed by atoms with Gasteiger partial charge >= 0.3 is 11.9 Å². The highest BCUT2D eigenvalue weighted by Gasteiger charge is 2.04. The van der Waals surface area contributed by atoms with Crippen LogP contribution >= 0.6 is 0 Å². The smallest absolute Gasteiger partial charge is 0.311 e. The molecule has 0 aliphatic carbocycles. The van der Waals surface area contributed by atoms with Crippen molar-refractivity contribution in [1.82, 2.24) is 0 Å². The molecule has 24 heavy (non-hydrogen) atoms. The first kappa shape index (κ1) is 22.7. The molecule has 0 radical (unpaired) electrons. The molecule has 0 bridgehead atoms. The van der Waals surface area contributed by atoms with E-state index >= 15 is 0 Å². The summed E-state index contributed by atoms with van der Waals surface area (Å²) in [6, 6.07) is 0. The van der Waals surface area contributed by atoms with Gasteiger partial charge < -0.3 is 9.84 Å². The summed E-state index contributed by atoms with van der Waals surface area (Å²) in [6.45, 7) is 2.25. The molecule has 0 aliphatic heterocycles. The minimum absolute atomic E-state index is 0.0712. The van der Waals surface area contributed by atoms with Crippen molar-refractivity contribution in [1.29, 1.82) is 0 Å². The van der Waals surface area contributed by atoms with Gasteiger partial charge in [-0.15, -0.1) is 0 Å². The van der Waals surface area contributed by atoms with Crippen molar-refractivity contribution in [2.45, 2.75) is 103 Å². The topological polar surface area (TPSA) is 63.6 Å². The average Bonchev–Trinajstić information content (AvgIpc) is 2.56. The van der Waals surface area contributed by atoms with E-state index in [1.54, 1.807) is 0 Å². The van der Waals surface area contributed by atoms with Gasteiger partial charge in [0.15, 0.2) is 0 Å². The second kappa shape index (κ2) is 18.0. The molecule has 0 unspecified atom stereocenters. The van der Waals surface area contributed by atoms with E-state index in [-0.39, 0.29) is 12.8 Å². The molecule has 4 nitrogen and oxygen atoms in total. The number of hydrogen-bond donors (Lipinski definition) is 1. The van der Waals surface area contributed by atoms with Crippen LogP contribution in [0, 0.1) is 0 Å². The highest BCUT2D eigenvalue weighted by atomic mass is 16.5. The number of carboxylic acid groups (broad SMARTS) is 1. The van der Waals surface area contributed by atoms with Crippen molar-refractivity contribution in [3.8, 4) is 0 Å². The van der Waals surface area contributed by atoms with Crippen LogP contribution in [0.4, 0.5) is 0 Å². The van der Waals surface area contributed by atoms with Gasteiger partial charge in [-0.1, -0.05) is 77.6 Å². The van der Waals surface area contributed by atoms with Crippen molar-refractivity contribution >= 4 is 11.9 Å². The summed E-state index contributed by atoms with van der Waals surface area (Å²) < 4.78 is 4.82. The molecule has 140 valence electrons. The van der Waals surface area contributed by atoms with E-state index in [9.17, 15) is 9.59 Å². The minimum atomic E-state index is -0.979. The van der Waals surface area contributed by atoms with Crippen molar-refractivity contribution in [3.05, 3.63) is 12.3 Å². The maximum Gasteiger partial charge on any atom is 0.311 e. The van der Waals surface area contributed by atoms with Gasteiger partial charge in [-0.3, -0.25) is 9.59 Å². The zero-order valence-corrected chi connectivity index (χ0v) is 15.4. The van der Waals surface area contributed by atoms with Crippen LogP contribution in [0.5, 0.6) is 0 Å². The normalized spacial score (nSPS) is 11.0. The van der Waals surface area contributed by atoms with Crippen LogP contribution in [0.1, 0.15) is 103 Å². The summed E-state index contributed by atoms with van der Waals surface area (Å²) in [6.07, 6.45) is 19.8. The van der Waals surface area contributed by atoms with Crippen LogP contribution in [-0.2, 0) is 14.3 Å². The van der Waals surface area contributed by atoms with Crippen LogP contribution in [0.3, 0.4) is 0 Å². The zero-order valence-electron chi connectivity index (χ0n) is 15.4. The third-order valence-electron chi connectivity index (χ3n) is 4.06. The van der Waals surface area contributed by atoms with Gasteiger partial charge in [0.25, 0.3) is 0 Å². The summed E-state index contributed by atoms with van der Waals surface area (Å²) in [5, 5.41) is 8.44. The summed E-state index contributed by atoms with van der Waals surface area (Å²) in [5.41, 5.74) is 0. The molecule has 0 aromatic heterocycles. The molecule has 0 aromatic rings. The van der Waals surface area contributed by atoms with Gasteiger partial charge in [0.05, 0.1) is 19.1 Å². The molecule has 4 heteroatoms. The number of ether oxygens (including phenoxy) is 1. The lowest BCUT2D eigenvalue weighted by molar-refractivity contribution is -0.144. The maximum absolute atomic E-state index is 11.1. The standard InChI is InChI=1S/C20H36O4/c1-2-3-4-5-6-7-8-9-10-11-12-13-14-15-18-24-20(23)17-16-19(21)22/h15,18H,2-14,16-17H2,1H3,(H,21,22)/b18-15+. The number of carboxylic acids is 1. The highest BCUT2D eigenvalue weighted by Crippen LogP contribution is 2.12. The zero-order chi connectivity index (χ0) is 17.9. The molecule has 0 saturated heterocycles. The lowest BCUT2D eigenvalue weighted by Crippen LogP contribution is -2.03. The van der Waals surface area contributed by atoms with Gasteiger partial charge in [0.1, 0.15) is 0 Å². The van der Waals surface area contributed by atoms with Crippen LogP contribution in [0.15, 0.2) is 12.3 Å². The summed E-state index contributed by atoms with van der Waals surface area (Å²) in [5.74, 6) is -1.46. The Morgan fingerprint density at radius 2 is 1.29 bits per heavy atom. The molecule has 0 amide bonds. The summed E-state index contributed by atoms with van der Waals surface area (Å²) in [7, 11) is 0. The number of esters is 1. The Balaban J connectivity index is 3.20. The molecule has 0 spiro atoms. The third-order valence-corrected chi connectivity index (χ3v) is 4.06. The molecular weight excluding hydrogens is 304 g/mol. The first-order valence-electron chi connectivity index (χ1n) is 9.73. The molecule has 0 saturated carbocycles. The van der Waals surface area contributed by atoms with Crippen molar-refractivity contribution in [3.63, 3.8) is 0 Å². The number of aliphatic carboxylic acids is 1. The highest BCUT2D eigenvalue weighted by molar-refractivity contribution is 5.76. The fraction of sp³-hybridized carbons (Fsp3) is 0.800. The van der Waals surface area contributed by atoms with Gasteiger partial charge in [-0.05, 0) is 18.9 Å². The van der Waals surface area contributed by atoms with Gasteiger partial charge in [0, 0.05) is 0 Å². The molecule has 0 aromatic carbocycles. The monoisotopic (exact) mass is 340 g/mol. The molecule has 0 atom stereocenters. The Kier molecular flexibility index (Phi) is 17.0. The van der Waals surface area contributed by atoms with Crippen LogP contribution in [0.25, 0.3) is 0 Å². The third kappa shape index (κ3) is 18.7. The largest absolute Gasteiger partial charge is 0.481 e. The first-order valence-corrected chi connectivity index (χ1v) is 9.73. The van der Waals surface area contributed by atoms with E-state index in [0.717, 1.165) is 12.8 Å². The number of carbonyl (C=O) groups is 2. The molecule has 0 aliphatic rings. The minimum Gasteiger partial charge on any atom is -0.481 e. The predicted molar refractivity (Wildman–Crippen MR) is 97.8 cm³/mol. The Morgan fingerprint density at radius 3 is 1.79 bits per heavy atom. The van der Waals surface area contributed by atoms with Crippen molar-refractivity contribution < 1.29 is 19.4 Å². The Labute approximate surface area is 147 Å². The molecule has 0 heterocycles. The molecule has 1 N–H and O–H groups in total. The summed E-state index contributed by atoms with van der Waals surface area (Å²) in [4.78, 5) is 21.4. The van der Waals surface area contributed by atoms with Gasteiger partial charge in [0.2, 0.25) is 0 Å². The van der Waals surface area contributed by atoms with E-state index in [0.29, 0.717) is 0 Å². The second-order valence-corrected chi connectivity index (χ2v) is 6.43. The van der Waals surface area contributed by atoms with Crippen LogP contribution < -0.4 is 0 Å². The predicted octanol–water partition coefficient (Wildman–Crippen LogP) is 6.00. The van der Waals surface area contributed by atoms with Crippen LogP contribution in [0.2, 0.25) is 0 Å². The SMILES string of the molecule is CCCCCCCCCCCCCC/C=C/OC(=O)CCC(=O)O. The lowest BCUT2D eigenvalue weighted by atomic mass is 10.0. The van der Waals surface area contributed by atoms with E-state index < -0.39 is 11.9 Å². The number of hydrogen-bond acceptors (Lipinski definition) is 3. The number of allylic oxidation sites excluding steroid dienone is 1. The van der Waals surface area contributed by atoms with E-state index in [1.807, 2.05) is 6.08 Å². The van der Waals surface area contributed by atoms with Crippen molar-refractivity contribution in [2.75, 3.05) is 0 Å². The first-order chi connectivity index (χ1) is 11.7. The number of carbonyl (C=O) groups excluding carboxylic acids is 1. The fourth-order valence-electron chi connectivity index (χ4n) is 2.56. The Bertz CT molecular complexity index is 337. The molecule has 0 rings (SSSR count). The van der Waals surface area contributed by atoms with E-state index in [1.165, 1.54) is 76.9 Å².